The summed E-state index contributed by atoms with van der Waals surface area (Å²) in [7, 11) is 1.57. The summed E-state index contributed by atoms with van der Waals surface area (Å²) in [5, 5.41) is 37.7. The molecular weight excluding hydrogens is 847 g/mol. The summed E-state index contributed by atoms with van der Waals surface area (Å²) in [6.45, 7) is 6.53. The molecule has 23 heteroatoms. The van der Waals surface area contributed by atoms with Crippen LogP contribution in [0.15, 0.2) is 41.8 Å². The quantitative estimate of drug-likeness (QED) is 0.0264. The van der Waals surface area contributed by atoms with Crippen molar-refractivity contribution in [1.82, 2.24) is 52.1 Å². The molecule has 0 spiro atoms. The summed E-state index contributed by atoms with van der Waals surface area (Å²) in [6, 6.07) is -1.16. The van der Waals surface area contributed by atoms with Crippen molar-refractivity contribution < 1.29 is 48.6 Å². The first kappa shape index (κ1) is 52.6. The van der Waals surface area contributed by atoms with E-state index in [0.29, 0.717) is 30.5 Å². The normalized spacial score (nSPS) is 16.2. The van der Waals surface area contributed by atoms with Crippen LogP contribution in [0, 0.1) is 11.8 Å². The minimum absolute atomic E-state index is 0.0371. The first-order valence-electron chi connectivity index (χ1n) is 21.6. The maximum atomic E-state index is 14.4. The highest BCUT2D eigenvalue weighted by molar-refractivity contribution is 5.98. The molecule has 65 heavy (non-hydrogen) atoms. The molecule has 358 valence electrons. The van der Waals surface area contributed by atoms with E-state index in [4.69, 9.17) is 16.6 Å². The van der Waals surface area contributed by atoms with Gasteiger partial charge in [-0.05, 0) is 62.3 Å². The van der Waals surface area contributed by atoms with Gasteiger partial charge in [0.2, 0.25) is 41.4 Å². The van der Waals surface area contributed by atoms with Gasteiger partial charge >= 0.3 is 5.97 Å². The molecule has 23 nitrogen and oxygen atoms in total. The van der Waals surface area contributed by atoms with Gasteiger partial charge in [-0.2, -0.15) is 0 Å². The van der Waals surface area contributed by atoms with Crippen LogP contribution in [-0.2, 0) is 51.2 Å². The number of aromatic nitrogens is 2. The summed E-state index contributed by atoms with van der Waals surface area (Å²) in [4.78, 5) is 119. The van der Waals surface area contributed by atoms with E-state index < -0.39 is 102 Å². The minimum Gasteiger partial charge on any atom is -0.508 e. The maximum absolute atomic E-state index is 14.4. The Morgan fingerprint density at radius 3 is 2.11 bits per heavy atom. The zero-order valence-electron chi connectivity index (χ0n) is 37.5. The number of hydrogen-bond acceptors (Lipinski definition) is 12. The van der Waals surface area contributed by atoms with Crippen LogP contribution < -0.4 is 48.7 Å². The number of aromatic hydroxyl groups is 1. The van der Waals surface area contributed by atoms with Gasteiger partial charge in [0.05, 0.1) is 12.9 Å². The largest absolute Gasteiger partial charge is 0.508 e. The first-order valence-corrected chi connectivity index (χ1v) is 21.6. The van der Waals surface area contributed by atoms with Crippen molar-refractivity contribution in [2.75, 3.05) is 33.2 Å². The molecule has 0 unspecified atom stereocenters. The van der Waals surface area contributed by atoms with Gasteiger partial charge in [0, 0.05) is 37.8 Å². The molecule has 1 aliphatic rings. The van der Waals surface area contributed by atoms with Crippen LogP contribution in [0.2, 0.25) is 0 Å². The third-order valence-electron chi connectivity index (χ3n) is 10.8. The second-order valence-electron chi connectivity index (χ2n) is 16.3. The Bertz CT molecular complexity index is 1960. The standard InChI is InChI=1S/C42H65N13O10/c1-6-24(4)35(40(64)52-30(18-26-19-46-22-49-26)41(65)55-16-8-10-31(55)38(62)48-21-33(58)59)54-37(61)29(17-25-11-13-27(56)14-12-25)51-39(63)34(23(2)3)53-36(60)28(50-32(57)20-45-5)9-7-15-47-42(43)44/h11-14,19,22-24,28-31,34-35,45,56H,6-10,15-18,20-21H2,1-5H3,(H,46,49)(H,48,62)(H,50,57)(H,51,63)(H,52,64)(H,53,60)(H,54,61)(H,58,59)(H4,43,44,47)/t24-,28-,29-,30-,31-,34-,35-/m0/s1. The number of likely N-dealkylation sites (tertiary alicyclic amines) is 1. The Morgan fingerprint density at radius 2 is 1.51 bits per heavy atom. The van der Waals surface area contributed by atoms with E-state index in [1.165, 1.54) is 29.6 Å². The number of aromatic amines is 1. The molecule has 7 atom stereocenters. The first-order chi connectivity index (χ1) is 30.8. The Balaban J connectivity index is 1.91. The van der Waals surface area contributed by atoms with E-state index in [9.17, 15) is 43.5 Å². The number of H-pyrrole nitrogens is 1. The van der Waals surface area contributed by atoms with E-state index in [1.54, 1.807) is 46.9 Å². The van der Waals surface area contributed by atoms with Crippen molar-refractivity contribution in [2.45, 2.75) is 109 Å². The van der Waals surface area contributed by atoms with Crippen molar-refractivity contribution in [1.29, 1.82) is 0 Å². The monoisotopic (exact) mass is 911 g/mol. The molecule has 1 fully saturated rings. The zero-order chi connectivity index (χ0) is 48.2. The predicted octanol–water partition coefficient (Wildman–Crippen LogP) is -2.51. The van der Waals surface area contributed by atoms with Crippen LogP contribution in [-0.4, -0.2) is 148 Å². The van der Waals surface area contributed by atoms with Gasteiger partial charge < -0.3 is 68.8 Å². The molecule has 0 saturated carbocycles. The van der Waals surface area contributed by atoms with Crippen molar-refractivity contribution in [3.8, 4) is 5.75 Å². The molecular formula is C42H65N13O10. The molecule has 7 amide bonds. The van der Waals surface area contributed by atoms with Crippen LogP contribution in [0.25, 0.3) is 0 Å². The average Bonchev–Trinajstić information content (AvgIpc) is 3.97. The number of hydrogen-bond donors (Lipinski definition) is 12. The smallest absolute Gasteiger partial charge is 0.322 e. The predicted molar refractivity (Wildman–Crippen MR) is 237 cm³/mol. The summed E-state index contributed by atoms with van der Waals surface area (Å²) >= 11 is 0. The fraction of sp³-hybridized carbons (Fsp3) is 0.571. The molecule has 0 radical (unpaired) electrons. The van der Waals surface area contributed by atoms with Gasteiger partial charge in [-0.3, -0.25) is 43.3 Å². The third kappa shape index (κ3) is 17.0. The van der Waals surface area contributed by atoms with Crippen LogP contribution in [0.1, 0.15) is 71.1 Å². The number of phenols is 1. The number of carboxylic acid groups (broad SMARTS) is 1. The molecule has 0 bridgehead atoms. The number of imidazole rings is 1. The molecule has 2 aromatic rings. The zero-order valence-corrected chi connectivity index (χ0v) is 37.5. The van der Waals surface area contributed by atoms with Gasteiger partial charge in [-0.1, -0.05) is 46.2 Å². The number of nitrogens with two attached hydrogens (primary N) is 2. The number of phenolic OH excluding ortho intramolecular Hbond substituents is 1. The topological polar surface area (TPSA) is 358 Å². The van der Waals surface area contributed by atoms with Crippen LogP contribution in [0.5, 0.6) is 5.75 Å². The second kappa shape index (κ2) is 26.1. The molecule has 14 N–H and O–H groups in total. The van der Waals surface area contributed by atoms with Gasteiger partial charge in [-0.15, -0.1) is 0 Å². The van der Waals surface area contributed by atoms with Crippen LogP contribution >= 0.6 is 0 Å². The van der Waals surface area contributed by atoms with E-state index in [1.807, 2.05) is 0 Å². The summed E-state index contributed by atoms with van der Waals surface area (Å²) in [6.07, 6.45) is 4.26. The third-order valence-corrected chi connectivity index (χ3v) is 10.8. The number of rotatable bonds is 26. The van der Waals surface area contributed by atoms with E-state index in [0.717, 1.165) is 0 Å². The SMILES string of the molecule is CC[C@H](C)[C@H](NC(=O)[C@H](Cc1ccc(O)cc1)NC(=O)[C@@H](NC(=O)[C@H](CCCN=C(N)N)NC(=O)CNC)C(C)C)C(=O)N[C@@H](Cc1cnc[nH]1)C(=O)N1CCC[C@H]1C(=O)NCC(=O)O. The number of nitrogens with zero attached hydrogens (tertiary/aromatic N) is 3. The molecule has 1 aromatic heterocycles. The molecule has 1 aliphatic heterocycles. The lowest BCUT2D eigenvalue weighted by Crippen LogP contribution is -2.62. The van der Waals surface area contributed by atoms with Crippen LogP contribution in [0.4, 0.5) is 0 Å². The number of carbonyl (C=O) groups is 8. The number of aliphatic imine (C=N–C) groups is 1. The molecule has 0 aliphatic carbocycles. The highest BCUT2D eigenvalue weighted by atomic mass is 16.4. The number of nitrogens with one attached hydrogen (secondary N) is 8. The van der Waals surface area contributed by atoms with Crippen molar-refractivity contribution in [3.63, 3.8) is 0 Å². The van der Waals surface area contributed by atoms with Crippen LogP contribution in [0.3, 0.4) is 0 Å². The maximum Gasteiger partial charge on any atom is 0.322 e. The van der Waals surface area contributed by atoms with Gasteiger partial charge in [0.25, 0.3) is 0 Å². The second-order valence-corrected chi connectivity index (χ2v) is 16.3. The lowest BCUT2D eigenvalue weighted by Gasteiger charge is -2.31. The van der Waals surface area contributed by atoms with E-state index in [-0.39, 0.29) is 57.0 Å². The Labute approximate surface area is 377 Å². The van der Waals surface area contributed by atoms with Gasteiger partial charge in [0.1, 0.15) is 48.5 Å². The Hall–Kier alpha value is -6.78. The number of guanidine groups is 1. The minimum atomic E-state index is -1.34. The van der Waals surface area contributed by atoms with Crippen molar-refractivity contribution >= 4 is 53.3 Å². The van der Waals surface area contributed by atoms with Crippen molar-refractivity contribution in [2.24, 2.45) is 28.3 Å². The molecule has 1 aromatic carbocycles. The molecule has 2 heterocycles. The number of amides is 7. The fourth-order valence-corrected chi connectivity index (χ4v) is 7.12. The van der Waals surface area contributed by atoms with E-state index in [2.05, 4.69) is 52.2 Å². The van der Waals surface area contributed by atoms with Crippen molar-refractivity contribution in [3.05, 3.63) is 48.0 Å². The average molecular weight is 912 g/mol. The number of carbonyl (C=O) groups excluding carboxylic acids is 7. The lowest BCUT2D eigenvalue weighted by molar-refractivity contribution is -0.143. The summed E-state index contributed by atoms with van der Waals surface area (Å²) < 4.78 is 0. The fourth-order valence-electron chi connectivity index (χ4n) is 7.12. The highest BCUT2D eigenvalue weighted by Crippen LogP contribution is 2.21. The molecule has 1 saturated heterocycles. The summed E-state index contributed by atoms with van der Waals surface area (Å²) in [5.41, 5.74) is 11.9. The summed E-state index contributed by atoms with van der Waals surface area (Å²) in [5.74, 6) is -7.09. The number of aliphatic carboxylic acids is 1. The lowest BCUT2D eigenvalue weighted by atomic mass is 9.96. The number of likely N-dealkylation sites (N-methyl/N-ethyl adjacent to an activating group) is 1. The highest BCUT2D eigenvalue weighted by Gasteiger charge is 2.40. The van der Waals surface area contributed by atoms with E-state index >= 15 is 0 Å². The van der Waals surface area contributed by atoms with Gasteiger partial charge in [0.15, 0.2) is 5.96 Å². The Morgan fingerprint density at radius 1 is 0.862 bits per heavy atom. The number of benzene rings is 1. The Kier molecular flexibility index (Phi) is 21.1. The van der Waals surface area contributed by atoms with Gasteiger partial charge in [-0.25, -0.2) is 4.98 Å². The number of carboxylic acids is 1. The molecule has 3 rings (SSSR count).